The number of aryl methyl sites for hydroxylation is 1. The number of fused-ring (bicyclic) bond motifs is 1. The molecule has 0 unspecified atom stereocenters. The molecule has 0 aliphatic rings. The highest BCUT2D eigenvalue weighted by atomic mass is 16.1. The molecule has 1 heterocycles. The van der Waals surface area contributed by atoms with Gasteiger partial charge in [-0.05, 0) is 25.0 Å². The van der Waals surface area contributed by atoms with E-state index in [-0.39, 0.29) is 11.5 Å². The third-order valence-corrected chi connectivity index (χ3v) is 3.26. The van der Waals surface area contributed by atoms with Gasteiger partial charge in [0, 0.05) is 19.5 Å². The molecule has 2 rings (SSSR count). The molecule has 112 valence electrons. The minimum absolute atomic E-state index is 0.0187. The third-order valence-electron chi connectivity index (χ3n) is 3.26. The van der Waals surface area contributed by atoms with Crippen LogP contribution in [0.1, 0.15) is 32.6 Å². The molecule has 1 aromatic heterocycles. The second-order valence-corrected chi connectivity index (χ2v) is 4.94. The minimum Gasteiger partial charge on any atom is -0.356 e. The second-order valence-electron chi connectivity index (χ2n) is 4.94. The van der Waals surface area contributed by atoms with Gasteiger partial charge in [-0.1, -0.05) is 30.7 Å². The lowest BCUT2D eigenvalue weighted by Crippen LogP contribution is -2.27. The highest BCUT2D eigenvalue weighted by Gasteiger charge is 2.06. The number of carbonyl (C=O) groups is 1. The van der Waals surface area contributed by atoms with Crippen LogP contribution in [0.25, 0.3) is 10.9 Å². The molecule has 2 aromatic rings. The standard InChI is InChI=1S/C15H20N4O2/c1-2-3-10-16-14(20)9-6-11-19-15(21)12-7-4-5-8-13(12)17-18-19/h4-5,7-8H,2-3,6,9-11H2,1H3,(H,16,20). The maximum atomic E-state index is 12.2. The zero-order chi connectivity index (χ0) is 15.1. The lowest BCUT2D eigenvalue weighted by atomic mass is 10.2. The van der Waals surface area contributed by atoms with Crippen LogP contribution in [0.2, 0.25) is 0 Å². The Balaban J connectivity index is 1.91. The van der Waals surface area contributed by atoms with Gasteiger partial charge in [0.2, 0.25) is 5.91 Å². The van der Waals surface area contributed by atoms with Crippen LogP contribution < -0.4 is 10.9 Å². The summed E-state index contributed by atoms with van der Waals surface area (Å²) in [5.41, 5.74) is 0.433. The Hall–Kier alpha value is -2.24. The van der Waals surface area contributed by atoms with Gasteiger partial charge in [-0.25, -0.2) is 4.68 Å². The van der Waals surface area contributed by atoms with Gasteiger partial charge in [0.05, 0.1) is 5.39 Å². The Labute approximate surface area is 123 Å². The van der Waals surface area contributed by atoms with E-state index in [1.165, 1.54) is 4.68 Å². The van der Waals surface area contributed by atoms with Crippen LogP contribution in [0.4, 0.5) is 0 Å². The van der Waals surface area contributed by atoms with Crippen molar-refractivity contribution in [2.75, 3.05) is 6.54 Å². The van der Waals surface area contributed by atoms with E-state index in [9.17, 15) is 9.59 Å². The van der Waals surface area contributed by atoms with E-state index in [2.05, 4.69) is 22.6 Å². The molecule has 1 aromatic carbocycles. The molecule has 0 fully saturated rings. The quantitative estimate of drug-likeness (QED) is 0.783. The number of hydrogen-bond donors (Lipinski definition) is 1. The largest absolute Gasteiger partial charge is 0.356 e. The number of amides is 1. The van der Waals surface area contributed by atoms with Crippen molar-refractivity contribution in [1.29, 1.82) is 0 Å². The summed E-state index contributed by atoms with van der Waals surface area (Å²) in [5.74, 6) is 0.0187. The van der Waals surface area contributed by atoms with E-state index in [0.29, 0.717) is 36.8 Å². The van der Waals surface area contributed by atoms with Gasteiger partial charge in [0.25, 0.3) is 5.56 Å². The van der Waals surface area contributed by atoms with Crippen LogP contribution in [0.5, 0.6) is 0 Å². The number of benzene rings is 1. The molecule has 21 heavy (non-hydrogen) atoms. The van der Waals surface area contributed by atoms with Crippen molar-refractivity contribution in [3.63, 3.8) is 0 Å². The molecule has 0 radical (unpaired) electrons. The Kier molecular flexibility index (Phi) is 5.43. The Morgan fingerprint density at radius 1 is 1.29 bits per heavy atom. The Morgan fingerprint density at radius 3 is 2.90 bits per heavy atom. The summed E-state index contributed by atoms with van der Waals surface area (Å²) in [5, 5.41) is 11.3. The smallest absolute Gasteiger partial charge is 0.277 e. The highest BCUT2D eigenvalue weighted by molar-refractivity contribution is 5.76. The first-order chi connectivity index (χ1) is 10.2. The first kappa shape index (κ1) is 15.2. The van der Waals surface area contributed by atoms with Gasteiger partial charge in [0.1, 0.15) is 5.52 Å². The van der Waals surface area contributed by atoms with Gasteiger partial charge in [-0.15, -0.1) is 5.10 Å². The molecule has 0 aliphatic carbocycles. The van der Waals surface area contributed by atoms with Crippen molar-refractivity contribution in [2.45, 2.75) is 39.2 Å². The average Bonchev–Trinajstić information content (AvgIpc) is 2.50. The molecule has 0 spiro atoms. The maximum absolute atomic E-state index is 12.2. The predicted octanol–water partition coefficient (Wildman–Crippen LogP) is 1.49. The molecule has 1 amide bonds. The van der Waals surface area contributed by atoms with E-state index in [1.807, 2.05) is 6.07 Å². The second kappa shape index (κ2) is 7.52. The van der Waals surface area contributed by atoms with Crippen LogP contribution >= 0.6 is 0 Å². The zero-order valence-corrected chi connectivity index (χ0v) is 12.2. The van der Waals surface area contributed by atoms with Crippen LogP contribution in [-0.2, 0) is 11.3 Å². The van der Waals surface area contributed by atoms with Crippen LogP contribution in [0.3, 0.4) is 0 Å². The first-order valence-electron chi connectivity index (χ1n) is 7.31. The number of hydrogen-bond acceptors (Lipinski definition) is 4. The fourth-order valence-electron chi connectivity index (χ4n) is 2.05. The van der Waals surface area contributed by atoms with Crippen LogP contribution in [0.15, 0.2) is 29.1 Å². The maximum Gasteiger partial charge on any atom is 0.277 e. The number of aromatic nitrogens is 3. The lowest BCUT2D eigenvalue weighted by molar-refractivity contribution is -0.121. The Morgan fingerprint density at radius 2 is 2.10 bits per heavy atom. The van der Waals surface area contributed by atoms with Crippen LogP contribution in [0, 0.1) is 0 Å². The van der Waals surface area contributed by atoms with Gasteiger partial charge in [-0.2, -0.15) is 0 Å². The van der Waals surface area contributed by atoms with Crippen molar-refractivity contribution in [1.82, 2.24) is 20.3 Å². The fraction of sp³-hybridized carbons (Fsp3) is 0.467. The summed E-state index contributed by atoms with van der Waals surface area (Å²) in [6, 6.07) is 7.12. The molecule has 0 saturated heterocycles. The van der Waals surface area contributed by atoms with E-state index in [0.717, 1.165) is 12.8 Å². The molecule has 6 heteroatoms. The topological polar surface area (TPSA) is 76.9 Å². The summed E-state index contributed by atoms with van der Waals surface area (Å²) in [6.07, 6.45) is 3.01. The summed E-state index contributed by atoms with van der Waals surface area (Å²) in [7, 11) is 0. The number of nitrogens with one attached hydrogen (secondary N) is 1. The number of nitrogens with zero attached hydrogens (tertiary/aromatic N) is 3. The summed E-state index contributed by atoms with van der Waals surface area (Å²) < 4.78 is 1.32. The summed E-state index contributed by atoms with van der Waals surface area (Å²) >= 11 is 0. The Bertz CT molecular complexity index is 666. The monoisotopic (exact) mass is 288 g/mol. The number of carbonyl (C=O) groups excluding carboxylic acids is 1. The van der Waals surface area contributed by atoms with Crippen molar-refractivity contribution < 1.29 is 4.79 Å². The zero-order valence-electron chi connectivity index (χ0n) is 12.2. The van der Waals surface area contributed by atoms with Crippen LogP contribution in [-0.4, -0.2) is 27.4 Å². The van der Waals surface area contributed by atoms with E-state index in [1.54, 1.807) is 18.2 Å². The number of rotatable bonds is 7. The van der Waals surface area contributed by atoms with E-state index in [4.69, 9.17) is 0 Å². The average molecular weight is 288 g/mol. The van der Waals surface area contributed by atoms with Crippen molar-refractivity contribution in [3.8, 4) is 0 Å². The van der Waals surface area contributed by atoms with Crippen molar-refractivity contribution in [3.05, 3.63) is 34.6 Å². The van der Waals surface area contributed by atoms with Crippen molar-refractivity contribution >= 4 is 16.8 Å². The molecule has 6 nitrogen and oxygen atoms in total. The fourth-order valence-corrected chi connectivity index (χ4v) is 2.05. The van der Waals surface area contributed by atoms with E-state index >= 15 is 0 Å². The molecule has 0 atom stereocenters. The van der Waals surface area contributed by atoms with Gasteiger partial charge >= 0.3 is 0 Å². The summed E-state index contributed by atoms with van der Waals surface area (Å²) in [6.45, 7) is 3.19. The third kappa shape index (κ3) is 4.11. The normalized spacial score (nSPS) is 10.7. The predicted molar refractivity (Wildman–Crippen MR) is 80.9 cm³/mol. The van der Waals surface area contributed by atoms with E-state index < -0.39 is 0 Å². The molecule has 0 bridgehead atoms. The summed E-state index contributed by atoms with van der Waals surface area (Å²) in [4.78, 5) is 23.7. The van der Waals surface area contributed by atoms with Gasteiger partial charge in [-0.3, -0.25) is 9.59 Å². The molecular formula is C15H20N4O2. The van der Waals surface area contributed by atoms with Gasteiger partial charge in [0.15, 0.2) is 0 Å². The highest BCUT2D eigenvalue weighted by Crippen LogP contribution is 2.03. The molecule has 1 N–H and O–H groups in total. The molecule has 0 aliphatic heterocycles. The lowest BCUT2D eigenvalue weighted by Gasteiger charge is -2.06. The van der Waals surface area contributed by atoms with Gasteiger partial charge < -0.3 is 5.32 Å². The molecular weight excluding hydrogens is 268 g/mol. The number of unbranched alkanes of at least 4 members (excludes halogenated alkanes) is 1. The van der Waals surface area contributed by atoms with Crippen molar-refractivity contribution in [2.24, 2.45) is 0 Å². The minimum atomic E-state index is -0.160. The molecule has 0 saturated carbocycles. The first-order valence-corrected chi connectivity index (χ1v) is 7.31. The SMILES string of the molecule is CCCCNC(=O)CCCn1nnc2ccccc2c1=O.